The molecule has 124 valence electrons. The van der Waals surface area contributed by atoms with Gasteiger partial charge in [-0.2, -0.15) is 26.3 Å². The Balaban J connectivity index is 2.13. The molecule has 1 saturated heterocycles. The van der Waals surface area contributed by atoms with Crippen molar-refractivity contribution in [2.24, 2.45) is 5.92 Å². The Morgan fingerprint density at radius 1 is 1.14 bits per heavy atom. The number of halogens is 7. The lowest BCUT2D eigenvalue weighted by molar-refractivity contribution is -0.187. The Kier molecular flexibility index (Phi) is 5.11. The first-order valence-corrected chi connectivity index (χ1v) is 7.51. The molecule has 1 atom stereocenters. The Morgan fingerprint density at radius 3 is 2.41 bits per heavy atom. The van der Waals surface area contributed by atoms with Gasteiger partial charge < -0.3 is 0 Å². The largest absolute Gasteiger partial charge is 0.416 e. The second kappa shape index (κ2) is 6.39. The molecule has 0 aromatic heterocycles. The van der Waals surface area contributed by atoms with E-state index in [1.165, 1.54) is 6.07 Å². The highest BCUT2D eigenvalue weighted by molar-refractivity contribution is 9.10. The lowest BCUT2D eigenvalue weighted by atomic mass is 9.97. The molecule has 1 unspecified atom stereocenters. The van der Waals surface area contributed by atoms with E-state index in [9.17, 15) is 26.3 Å². The van der Waals surface area contributed by atoms with Gasteiger partial charge in [-0.15, -0.1) is 0 Å². The van der Waals surface area contributed by atoms with Crippen molar-refractivity contribution in [2.75, 3.05) is 13.1 Å². The molecule has 2 rings (SSSR count). The van der Waals surface area contributed by atoms with Crippen LogP contribution in [0.2, 0.25) is 0 Å². The van der Waals surface area contributed by atoms with E-state index in [1.807, 2.05) is 0 Å². The van der Waals surface area contributed by atoms with Gasteiger partial charge >= 0.3 is 12.4 Å². The fraction of sp³-hybridized carbons (Fsp3) is 0.571. The molecule has 0 spiro atoms. The summed E-state index contributed by atoms with van der Waals surface area (Å²) in [6, 6.07) is 3.22. The minimum absolute atomic E-state index is 0.0666. The number of rotatable bonds is 2. The third kappa shape index (κ3) is 4.38. The number of likely N-dealkylation sites (tertiary alicyclic amines) is 1. The van der Waals surface area contributed by atoms with Crippen molar-refractivity contribution in [1.82, 2.24) is 4.90 Å². The Hall–Kier alpha value is -0.760. The van der Waals surface area contributed by atoms with Crippen LogP contribution in [-0.4, -0.2) is 24.2 Å². The van der Waals surface area contributed by atoms with Crippen LogP contribution < -0.4 is 0 Å². The molecule has 1 fully saturated rings. The summed E-state index contributed by atoms with van der Waals surface area (Å²) < 4.78 is 76.9. The number of nitrogens with zero attached hydrogens (tertiary/aromatic N) is 1. The minimum atomic E-state index is -4.47. The maximum atomic E-state index is 12.8. The highest BCUT2D eigenvalue weighted by Crippen LogP contribution is 2.35. The van der Waals surface area contributed by atoms with E-state index in [0.717, 1.165) is 12.1 Å². The van der Waals surface area contributed by atoms with Gasteiger partial charge in [-0.05, 0) is 43.1 Å². The van der Waals surface area contributed by atoms with Crippen LogP contribution in [-0.2, 0) is 12.7 Å². The summed E-state index contributed by atoms with van der Waals surface area (Å²) in [6.07, 6.45) is -8.26. The number of alkyl halides is 6. The lowest BCUT2D eigenvalue weighted by Crippen LogP contribution is -2.41. The monoisotopic (exact) mass is 389 g/mol. The molecule has 1 aromatic carbocycles. The van der Waals surface area contributed by atoms with Crippen LogP contribution in [0.4, 0.5) is 26.3 Å². The molecule has 0 amide bonds. The summed E-state index contributed by atoms with van der Waals surface area (Å²) in [5.41, 5.74) is -0.451. The van der Waals surface area contributed by atoms with Crippen molar-refractivity contribution in [2.45, 2.75) is 31.7 Å². The molecular formula is C14H14BrF6N. The third-order valence-electron chi connectivity index (χ3n) is 3.74. The van der Waals surface area contributed by atoms with Crippen LogP contribution >= 0.6 is 15.9 Å². The van der Waals surface area contributed by atoms with Crippen LogP contribution in [0.5, 0.6) is 0 Å². The molecule has 1 aliphatic heterocycles. The summed E-state index contributed by atoms with van der Waals surface area (Å²) in [6.45, 7) is 0.346. The molecule has 8 heteroatoms. The van der Waals surface area contributed by atoms with E-state index < -0.39 is 23.8 Å². The van der Waals surface area contributed by atoms with Crippen LogP contribution in [0.1, 0.15) is 24.0 Å². The van der Waals surface area contributed by atoms with Gasteiger partial charge in [-0.3, -0.25) is 4.90 Å². The molecule has 0 bridgehead atoms. The summed E-state index contributed by atoms with van der Waals surface area (Å²) in [4.78, 5) is 1.56. The molecule has 0 N–H and O–H groups in total. The first kappa shape index (κ1) is 17.6. The van der Waals surface area contributed by atoms with Gasteiger partial charge in [-0.1, -0.05) is 15.9 Å². The summed E-state index contributed by atoms with van der Waals surface area (Å²) in [7, 11) is 0. The molecule has 0 saturated carbocycles. The Labute approximate surface area is 132 Å². The molecule has 0 aliphatic carbocycles. The van der Waals surface area contributed by atoms with Crippen LogP contribution in [0.15, 0.2) is 22.7 Å². The standard InChI is InChI=1S/C14H14BrF6N/c15-12-4-3-10(13(16,17)18)6-9(12)7-22-5-1-2-11(8-22)14(19,20)21/h3-4,6,11H,1-2,5,7-8H2. The lowest BCUT2D eigenvalue weighted by Gasteiger charge is -2.34. The Bertz CT molecular complexity index is 525. The first-order chi connectivity index (χ1) is 10.1. The molecule has 22 heavy (non-hydrogen) atoms. The van der Waals surface area contributed by atoms with Crippen molar-refractivity contribution >= 4 is 15.9 Å². The molecule has 1 aliphatic rings. The fourth-order valence-electron chi connectivity index (χ4n) is 2.58. The molecule has 1 aromatic rings. The highest BCUT2D eigenvalue weighted by Gasteiger charge is 2.41. The van der Waals surface area contributed by atoms with Crippen molar-refractivity contribution in [1.29, 1.82) is 0 Å². The van der Waals surface area contributed by atoms with E-state index in [4.69, 9.17) is 0 Å². The normalized spacial score (nSPS) is 21.1. The maximum absolute atomic E-state index is 12.8. The number of benzene rings is 1. The SMILES string of the molecule is FC(F)(F)c1ccc(Br)c(CN2CCCC(C(F)(F)F)C2)c1. The van der Waals surface area contributed by atoms with Crippen LogP contribution in [0.3, 0.4) is 0 Å². The van der Waals surface area contributed by atoms with Crippen LogP contribution in [0, 0.1) is 5.92 Å². The third-order valence-corrected chi connectivity index (χ3v) is 4.51. The van der Waals surface area contributed by atoms with Crippen molar-refractivity contribution in [3.05, 3.63) is 33.8 Å². The van der Waals surface area contributed by atoms with Crippen molar-refractivity contribution in [3.8, 4) is 0 Å². The second-order valence-electron chi connectivity index (χ2n) is 5.42. The van der Waals surface area contributed by atoms with Crippen molar-refractivity contribution < 1.29 is 26.3 Å². The topological polar surface area (TPSA) is 3.24 Å². The predicted molar refractivity (Wildman–Crippen MR) is 73.2 cm³/mol. The quantitative estimate of drug-likeness (QED) is 0.625. The smallest absolute Gasteiger partial charge is 0.298 e. The van der Waals surface area contributed by atoms with Gasteiger partial charge in [0, 0.05) is 17.6 Å². The predicted octanol–water partition coefficient (Wildman–Crippen LogP) is 5.24. The zero-order valence-electron chi connectivity index (χ0n) is 11.4. The number of hydrogen-bond acceptors (Lipinski definition) is 1. The highest BCUT2D eigenvalue weighted by atomic mass is 79.9. The average molecular weight is 390 g/mol. The second-order valence-corrected chi connectivity index (χ2v) is 6.27. The van der Waals surface area contributed by atoms with Crippen LogP contribution in [0.25, 0.3) is 0 Å². The fourth-order valence-corrected chi connectivity index (χ4v) is 2.95. The maximum Gasteiger partial charge on any atom is 0.416 e. The average Bonchev–Trinajstić information content (AvgIpc) is 2.39. The van der Waals surface area contributed by atoms with Gasteiger partial charge in [0.05, 0.1) is 11.5 Å². The first-order valence-electron chi connectivity index (χ1n) is 6.72. The van der Waals surface area contributed by atoms with E-state index >= 15 is 0 Å². The van der Waals surface area contributed by atoms with Gasteiger partial charge in [-0.25, -0.2) is 0 Å². The molecule has 0 radical (unpaired) electrons. The Morgan fingerprint density at radius 2 is 1.82 bits per heavy atom. The molecule has 1 heterocycles. The summed E-state index contributed by atoms with van der Waals surface area (Å²) in [5, 5.41) is 0. The van der Waals surface area contributed by atoms with Gasteiger partial charge in [0.15, 0.2) is 0 Å². The van der Waals surface area contributed by atoms with E-state index in [1.54, 1.807) is 4.90 Å². The number of hydrogen-bond donors (Lipinski definition) is 0. The minimum Gasteiger partial charge on any atom is -0.298 e. The van der Waals surface area contributed by atoms with Gasteiger partial charge in [0.1, 0.15) is 0 Å². The summed E-state index contributed by atoms with van der Waals surface area (Å²) >= 11 is 3.16. The van der Waals surface area contributed by atoms with E-state index in [0.29, 0.717) is 23.0 Å². The van der Waals surface area contributed by atoms with Crippen molar-refractivity contribution in [3.63, 3.8) is 0 Å². The van der Waals surface area contributed by atoms with E-state index in [2.05, 4.69) is 15.9 Å². The van der Waals surface area contributed by atoms with E-state index in [-0.39, 0.29) is 19.5 Å². The van der Waals surface area contributed by atoms with Gasteiger partial charge in [0.2, 0.25) is 0 Å². The molecular weight excluding hydrogens is 376 g/mol. The molecule has 1 nitrogen and oxygen atoms in total. The van der Waals surface area contributed by atoms with Gasteiger partial charge in [0.25, 0.3) is 0 Å². The summed E-state index contributed by atoms with van der Waals surface area (Å²) in [5.74, 6) is -1.41. The zero-order valence-corrected chi connectivity index (χ0v) is 13.0. The number of piperidine rings is 1. The zero-order chi connectivity index (χ0) is 16.5.